The number of rotatable bonds is 0. The molecule has 1 rings (SSSR count). The van der Waals surface area contributed by atoms with Crippen molar-refractivity contribution in [3.05, 3.63) is 0 Å². The van der Waals surface area contributed by atoms with E-state index in [0.29, 0.717) is 0 Å². The topological polar surface area (TPSA) is 90.2 Å². The molecule has 0 aliphatic carbocycles. The highest BCUT2D eigenvalue weighted by Gasteiger charge is 2.26. The quantitative estimate of drug-likeness (QED) is 0.336. The summed E-state index contributed by atoms with van der Waals surface area (Å²) >= 11 is 0. The largest absolute Gasteiger partial charge is 0.400 e. The molecule has 5 heteroatoms. The maximum Gasteiger partial charge on any atom is 0.181 e. The normalized spacial score (nSPS) is 37.4. The number of hydrogen-bond acceptors (Lipinski definition) is 5. The lowest BCUT2D eigenvalue weighted by Gasteiger charge is -2.26. The van der Waals surface area contributed by atoms with Crippen molar-refractivity contribution >= 4 is 0 Å². The second-order valence-corrected chi connectivity index (χ2v) is 2.18. The summed E-state index contributed by atoms with van der Waals surface area (Å²) < 4.78 is 4.56. The fourth-order valence-electron chi connectivity index (χ4n) is 0.784. The lowest BCUT2D eigenvalue weighted by Crippen LogP contribution is -2.40. The average Bonchev–Trinajstić information content (AvgIpc) is 2.02. The van der Waals surface area contributed by atoms with Crippen LogP contribution < -0.4 is 0 Å². The Morgan fingerprint density at radius 1 is 1.18 bits per heavy atom. The summed E-state index contributed by atoms with van der Waals surface area (Å²) in [5.41, 5.74) is 0. The van der Waals surface area contributed by atoms with Crippen molar-refractivity contribution in [3.63, 3.8) is 0 Å². The first-order valence-corrected chi connectivity index (χ1v) is 3.30. The Morgan fingerprint density at radius 2 is 1.73 bits per heavy atom. The standard InChI is InChI=1S/C5H10O4.CH4O/c6-3-1-4(7)5(8)9-2-3;1-2/h3-8H,1-2H2;2H,1H3. The first-order chi connectivity index (χ1) is 5.20. The van der Waals surface area contributed by atoms with Gasteiger partial charge in [-0.25, -0.2) is 0 Å². The lowest BCUT2D eigenvalue weighted by molar-refractivity contribution is -0.211. The molecule has 4 N–H and O–H groups in total. The van der Waals surface area contributed by atoms with Gasteiger partial charge in [0.15, 0.2) is 6.29 Å². The molecule has 0 aromatic carbocycles. The first kappa shape index (κ1) is 10.8. The van der Waals surface area contributed by atoms with Gasteiger partial charge in [-0.2, -0.15) is 0 Å². The summed E-state index contributed by atoms with van der Waals surface area (Å²) in [7, 11) is 1.00. The van der Waals surface area contributed by atoms with E-state index in [0.717, 1.165) is 7.11 Å². The minimum atomic E-state index is -1.12. The molecule has 11 heavy (non-hydrogen) atoms. The number of aliphatic hydroxyl groups excluding tert-OH is 4. The molecule has 1 aliphatic heterocycles. The van der Waals surface area contributed by atoms with Gasteiger partial charge in [-0.1, -0.05) is 0 Å². The van der Waals surface area contributed by atoms with Crippen LogP contribution in [0.1, 0.15) is 6.42 Å². The summed E-state index contributed by atoms with van der Waals surface area (Å²) in [6.45, 7) is 0.109. The Kier molecular flexibility index (Phi) is 5.35. The predicted octanol–water partition coefficient (Wildman–Crippen LogP) is -1.94. The molecule has 3 unspecified atom stereocenters. The van der Waals surface area contributed by atoms with E-state index in [1.807, 2.05) is 0 Å². The summed E-state index contributed by atoms with van der Waals surface area (Å²) in [5, 5.41) is 33.3. The second-order valence-electron chi connectivity index (χ2n) is 2.18. The molecule has 0 saturated carbocycles. The molecule has 0 aromatic rings. The van der Waals surface area contributed by atoms with Crippen LogP contribution in [0, 0.1) is 0 Å². The third-order valence-corrected chi connectivity index (χ3v) is 1.30. The van der Waals surface area contributed by atoms with E-state index in [2.05, 4.69) is 4.74 Å². The Labute approximate surface area is 64.9 Å². The van der Waals surface area contributed by atoms with E-state index in [1.54, 1.807) is 0 Å². The van der Waals surface area contributed by atoms with Gasteiger partial charge in [0.05, 0.1) is 12.7 Å². The molecule has 68 valence electrons. The number of aliphatic hydroxyl groups is 4. The van der Waals surface area contributed by atoms with E-state index in [-0.39, 0.29) is 13.0 Å². The molecular formula is C6H14O5. The zero-order chi connectivity index (χ0) is 8.85. The zero-order valence-electron chi connectivity index (χ0n) is 6.34. The minimum Gasteiger partial charge on any atom is -0.400 e. The van der Waals surface area contributed by atoms with Crippen molar-refractivity contribution < 1.29 is 25.2 Å². The van der Waals surface area contributed by atoms with Crippen LogP contribution in [0.15, 0.2) is 0 Å². The summed E-state index contributed by atoms with van der Waals surface area (Å²) in [5.74, 6) is 0. The molecule has 1 saturated heterocycles. The highest BCUT2D eigenvalue weighted by molar-refractivity contribution is 4.70. The van der Waals surface area contributed by atoms with Gasteiger partial charge < -0.3 is 25.2 Å². The number of hydrogen-bond donors (Lipinski definition) is 4. The van der Waals surface area contributed by atoms with Crippen molar-refractivity contribution in [2.24, 2.45) is 0 Å². The summed E-state index contributed by atoms with van der Waals surface area (Å²) in [4.78, 5) is 0. The fourth-order valence-corrected chi connectivity index (χ4v) is 0.784. The molecule has 0 aromatic heterocycles. The van der Waals surface area contributed by atoms with Crippen LogP contribution in [0.2, 0.25) is 0 Å². The summed E-state index contributed by atoms with van der Waals surface area (Å²) in [6, 6.07) is 0. The maximum absolute atomic E-state index is 8.81. The van der Waals surface area contributed by atoms with Crippen LogP contribution in [-0.2, 0) is 4.74 Å². The van der Waals surface area contributed by atoms with Gasteiger partial charge in [-0.05, 0) is 0 Å². The van der Waals surface area contributed by atoms with Crippen molar-refractivity contribution in [3.8, 4) is 0 Å². The molecular weight excluding hydrogens is 152 g/mol. The molecule has 1 fully saturated rings. The van der Waals surface area contributed by atoms with E-state index in [1.165, 1.54) is 0 Å². The number of ether oxygens (including phenoxy) is 1. The van der Waals surface area contributed by atoms with Crippen LogP contribution in [-0.4, -0.2) is 52.6 Å². The highest BCUT2D eigenvalue weighted by atomic mass is 16.6. The molecule has 1 aliphatic rings. The van der Waals surface area contributed by atoms with Gasteiger partial charge in [0, 0.05) is 13.5 Å². The zero-order valence-corrected chi connectivity index (χ0v) is 6.34. The van der Waals surface area contributed by atoms with Crippen LogP contribution >= 0.6 is 0 Å². The lowest BCUT2D eigenvalue weighted by atomic mass is 10.1. The smallest absolute Gasteiger partial charge is 0.181 e. The minimum absolute atomic E-state index is 0.109. The van der Waals surface area contributed by atoms with Gasteiger partial charge in [-0.15, -0.1) is 0 Å². The molecule has 3 atom stereocenters. The molecule has 0 bridgehead atoms. The van der Waals surface area contributed by atoms with Crippen molar-refractivity contribution in [2.45, 2.75) is 24.9 Å². The van der Waals surface area contributed by atoms with Gasteiger partial charge in [0.2, 0.25) is 0 Å². The Bertz CT molecular complexity index is 97.0. The second kappa shape index (κ2) is 5.45. The molecule has 0 amide bonds. The van der Waals surface area contributed by atoms with Crippen LogP contribution in [0.5, 0.6) is 0 Å². The third-order valence-electron chi connectivity index (χ3n) is 1.30. The predicted molar refractivity (Wildman–Crippen MR) is 36.7 cm³/mol. The van der Waals surface area contributed by atoms with Gasteiger partial charge >= 0.3 is 0 Å². The van der Waals surface area contributed by atoms with E-state index in [9.17, 15) is 0 Å². The Hall–Kier alpha value is -0.200. The third kappa shape index (κ3) is 3.64. The van der Waals surface area contributed by atoms with Gasteiger partial charge in [-0.3, -0.25) is 0 Å². The van der Waals surface area contributed by atoms with Crippen molar-refractivity contribution in [1.82, 2.24) is 0 Å². The van der Waals surface area contributed by atoms with Crippen molar-refractivity contribution in [1.29, 1.82) is 0 Å². The Balaban J connectivity index is 0.000000461. The van der Waals surface area contributed by atoms with Crippen LogP contribution in [0.4, 0.5) is 0 Å². The SMILES string of the molecule is CO.OC1COC(O)C(O)C1. The van der Waals surface area contributed by atoms with Crippen LogP contribution in [0.3, 0.4) is 0 Å². The van der Waals surface area contributed by atoms with Crippen molar-refractivity contribution in [2.75, 3.05) is 13.7 Å². The van der Waals surface area contributed by atoms with E-state index in [4.69, 9.17) is 20.4 Å². The highest BCUT2D eigenvalue weighted by Crippen LogP contribution is 2.11. The molecule has 0 spiro atoms. The van der Waals surface area contributed by atoms with Gasteiger partial charge in [0.25, 0.3) is 0 Å². The maximum atomic E-state index is 8.81. The van der Waals surface area contributed by atoms with Crippen LogP contribution in [0.25, 0.3) is 0 Å². The first-order valence-electron chi connectivity index (χ1n) is 3.30. The van der Waals surface area contributed by atoms with E-state index >= 15 is 0 Å². The van der Waals surface area contributed by atoms with Gasteiger partial charge in [0.1, 0.15) is 6.10 Å². The molecule has 0 radical (unpaired) electrons. The Morgan fingerprint density at radius 3 is 2.09 bits per heavy atom. The van der Waals surface area contributed by atoms with E-state index < -0.39 is 18.5 Å². The fraction of sp³-hybridized carbons (Fsp3) is 1.00. The molecule has 1 heterocycles. The monoisotopic (exact) mass is 166 g/mol. The molecule has 5 nitrogen and oxygen atoms in total. The average molecular weight is 166 g/mol. The summed E-state index contributed by atoms with van der Waals surface area (Å²) in [6.07, 6.45) is -2.49.